The second kappa shape index (κ2) is 8.26. The molecule has 0 radical (unpaired) electrons. The maximum Gasteiger partial charge on any atom is 0.125 e. The molecule has 1 saturated heterocycles. The number of hydrogen-bond acceptors (Lipinski definition) is 4. The number of anilines is 1. The van der Waals surface area contributed by atoms with E-state index in [1.54, 1.807) is 12.1 Å². The van der Waals surface area contributed by atoms with E-state index in [2.05, 4.69) is 41.8 Å². The number of benzene rings is 2. The zero-order valence-corrected chi connectivity index (χ0v) is 15.2. The molecule has 1 heterocycles. The van der Waals surface area contributed by atoms with Gasteiger partial charge in [0, 0.05) is 38.4 Å². The highest BCUT2D eigenvalue weighted by molar-refractivity contribution is 5.49. The van der Waals surface area contributed by atoms with Crippen LogP contribution >= 0.6 is 0 Å². The monoisotopic (exact) mass is 340 g/mol. The molecule has 134 valence electrons. The van der Waals surface area contributed by atoms with Crippen molar-refractivity contribution in [1.29, 1.82) is 0 Å². The van der Waals surface area contributed by atoms with Gasteiger partial charge in [0.05, 0.1) is 6.61 Å². The Bertz CT molecular complexity index is 657. The molecule has 4 nitrogen and oxygen atoms in total. The number of aromatic hydroxyl groups is 1. The Kier molecular flexibility index (Phi) is 5.82. The van der Waals surface area contributed by atoms with Gasteiger partial charge in [0.15, 0.2) is 0 Å². The van der Waals surface area contributed by atoms with Gasteiger partial charge >= 0.3 is 0 Å². The van der Waals surface area contributed by atoms with Crippen molar-refractivity contribution in [2.75, 3.05) is 44.2 Å². The minimum atomic E-state index is 0.325. The topological polar surface area (TPSA) is 35.9 Å². The molecule has 0 spiro atoms. The molecule has 1 N–H and O–H groups in total. The highest BCUT2D eigenvalue weighted by atomic mass is 16.5. The molecule has 2 aromatic rings. The van der Waals surface area contributed by atoms with Gasteiger partial charge in [-0.15, -0.1) is 0 Å². The fraction of sp³-hybridized carbons (Fsp3) is 0.429. The van der Waals surface area contributed by atoms with E-state index in [1.807, 2.05) is 12.1 Å². The molecule has 1 fully saturated rings. The van der Waals surface area contributed by atoms with Gasteiger partial charge in [0.25, 0.3) is 0 Å². The molecule has 0 saturated carbocycles. The summed E-state index contributed by atoms with van der Waals surface area (Å²) < 4.78 is 6.00. The number of rotatable bonds is 6. The summed E-state index contributed by atoms with van der Waals surface area (Å²) in [6.45, 7) is 10.3. The van der Waals surface area contributed by atoms with Crippen molar-refractivity contribution in [3.8, 4) is 11.5 Å². The number of ether oxygens (including phenoxy) is 1. The lowest BCUT2D eigenvalue weighted by Gasteiger charge is -2.36. The second-order valence-corrected chi connectivity index (χ2v) is 6.77. The van der Waals surface area contributed by atoms with Gasteiger partial charge in [-0.2, -0.15) is 0 Å². The Hall–Kier alpha value is -2.20. The third-order valence-corrected chi connectivity index (χ3v) is 4.86. The maximum absolute atomic E-state index is 9.40. The summed E-state index contributed by atoms with van der Waals surface area (Å²) in [4.78, 5) is 4.88. The number of piperazine rings is 1. The average Bonchev–Trinajstić information content (AvgIpc) is 2.62. The number of hydrogen-bond donors (Lipinski definition) is 1. The molecule has 0 unspecified atom stereocenters. The number of phenols is 1. The summed E-state index contributed by atoms with van der Waals surface area (Å²) in [5.74, 6) is 1.37. The van der Waals surface area contributed by atoms with Crippen molar-refractivity contribution < 1.29 is 9.84 Å². The van der Waals surface area contributed by atoms with Gasteiger partial charge in [-0.3, -0.25) is 4.90 Å². The lowest BCUT2D eigenvalue weighted by atomic mass is 10.1. The molecule has 0 aromatic heterocycles. The minimum absolute atomic E-state index is 0.325. The molecular formula is C21H28N2O2. The molecule has 3 rings (SSSR count). The predicted octanol–water partition coefficient (Wildman–Crippen LogP) is 3.60. The second-order valence-electron chi connectivity index (χ2n) is 6.77. The summed E-state index contributed by atoms with van der Waals surface area (Å²) in [6.07, 6.45) is 1.05. The zero-order chi connectivity index (χ0) is 17.6. The van der Waals surface area contributed by atoms with E-state index in [0.717, 1.165) is 51.5 Å². The standard InChI is InChI=1S/C21H28N2O2/c1-17-5-3-6-18(2)21(17)25-16-4-11-22-12-14-23(15-13-22)19-7-9-20(24)10-8-19/h3,5-10,24H,4,11-16H2,1-2H3. The molecule has 2 aromatic carbocycles. The van der Waals surface area contributed by atoms with Gasteiger partial charge in [-0.05, 0) is 55.7 Å². The van der Waals surface area contributed by atoms with Crippen LogP contribution in [-0.2, 0) is 0 Å². The van der Waals surface area contributed by atoms with Crippen LogP contribution in [-0.4, -0.2) is 49.3 Å². The van der Waals surface area contributed by atoms with Crippen molar-refractivity contribution in [2.24, 2.45) is 0 Å². The summed E-state index contributed by atoms with van der Waals surface area (Å²) >= 11 is 0. The first kappa shape index (κ1) is 17.6. The number of para-hydroxylation sites is 1. The first-order valence-electron chi connectivity index (χ1n) is 9.09. The van der Waals surface area contributed by atoms with E-state index in [-0.39, 0.29) is 0 Å². The van der Waals surface area contributed by atoms with E-state index < -0.39 is 0 Å². The molecule has 0 bridgehead atoms. The largest absolute Gasteiger partial charge is 0.508 e. The van der Waals surface area contributed by atoms with Crippen LogP contribution in [0.1, 0.15) is 17.5 Å². The normalized spacial score (nSPS) is 15.4. The smallest absolute Gasteiger partial charge is 0.125 e. The lowest BCUT2D eigenvalue weighted by Crippen LogP contribution is -2.46. The first-order chi connectivity index (χ1) is 12.1. The summed E-state index contributed by atoms with van der Waals surface area (Å²) in [5, 5.41) is 9.40. The minimum Gasteiger partial charge on any atom is -0.508 e. The van der Waals surface area contributed by atoms with Gasteiger partial charge in [-0.25, -0.2) is 0 Å². The Morgan fingerprint density at radius 2 is 1.56 bits per heavy atom. The van der Waals surface area contributed by atoms with Crippen LogP contribution in [0.25, 0.3) is 0 Å². The summed E-state index contributed by atoms with van der Waals surface area (Å²) in [7, 11) is 0. The quantitative estimate of drug-likeness (QED) is 0.815. The average molecular weight is 340 g/mol. The molecule has 0 atom stereocenters. The molecular weight excluding hydrogens is 312 g/mol. The van der Waals surface area contributed by atoms with Crippen LogP contribution in [0.3, 0.4) is 0 Å². The fourth-order valence-corrected chi connectivity index (χ4v) is 3.38. The Morgan fingerprint density at radius 1 is 0.920 bits per heavy atom. The number of aryl methyl sites for hydroxylation is 2. The van der Waals surface area contributed by atoms with Crippen LogP contribution in [0.4, 0.5) is 5.69 Å². The van der Waals surface area contributed by atoms with Crippen molar-refractivity contribution in [1.82, 2.24) is 4.90 Å². The number of nitrogens with zero attached hydrogens (tertiary/aromatic N) is 2. The van der Waals surface area contributed by atoms with Gasteiger partial charge < -0.3 is 14.7 Å². The van der Waals surface area contributed by atoms with Gasteiger partial charge in [-0.1, -0.05) is 18.2 Å². The van der Waals surface area contributed by atoms with E-state index in [0.29, 0.717) is 5.75 Å². The van der Waals surface area contributed by atoms with Crippen molar-refractivity contribution in [3.05, 3.63) is 53.6 Å². The van der Waals surface area contributed by atoms with Crippen LogP contribution in [0.15, 0.2) is 42.5 Å². The molecule has 25 heavy (non-hydrogen) atoms. The fourth-order valence-electron chi connectivity index (χ4n) is 3.38. The Balaban J connectivity index is 1.39. The van der Waals surface area contributed by atoms with Crippen LogP contribution in [0, 0.1) is 13.8 Å². The van der Waals surface area contributed by atoms with Crippen molar-refractivity contribution >= 4 is 5.69 Å². The number of phenolic OH excluding ortho intramolecular Hbond substituents is 1. The van der Waals surface area contributed by atoms with Crippen LogP contribution in [0.2, 0.25) is 0 Å². The van der Waals surface area contributed by atoms with Gasteiger partial charge in [0.1, 0.15) is 11.5 Å². The maximum atomic E-state index is 9.40. The van der Waals surface area contributed by atoms with E-state index >= 15 is 0 Å². The van der Waals surface area contributed by atoms with E-state index in [4.69, 9.17) is 4.74 Å². The van der Waals surface area contributed by atoms with Gasteiger partial charge in [0.2, 0.25) is 0 Å². The molecule has 4 heteroatoms. The molecule has 1 aliphatic heterocycles. The third-order valence-electron chi connectivity index (χ3n) is 4.86. The van der Waals surface area contributed by atoms with Crippen molar-refractivity contribution in [3.63, 3.8) is 0 Å². The van der Waals surface area contributed by atoms with Crippen LogP contribution < -0.4 is 9.64 Å². The molecule has 1 aliphatic rings. The third kappa shape index (κ3) is 4.67. The molecule has 0 aliphatic carbocycles. The first-order valence-corrected chi connectivity index (χ1v) is 9.09. The van der Waals surface area contributed by atoms with Crippen LogP contribution in [0.5, 0.6) is 11.5 Å². The Labute approximate surface area is 150 Å². The zero-order valence-electron chi connectivity index (χ0n) is 15.2. The lowest BCUT2D eigenvalue weighted by molar-refractivity contribution is 0.224. The summed E-state index contributed by atoms with van der Waals surface area (Å²) in [6, 6.07) is 13.8. The summed E-state index contributed by atoms with van der Waals surface area (Å²) in [5.41, 5.74) is 3.61. The molecule has 0 amide bonds. The van der Waals surface area contributed by atoms with E-state index in [1.165, 1.54) is 16.8 Å². The SMILES string of the molecule is Cc1cccc(C)c1OCCCN1CCN(c2ccc(O)cc2)CC1. The van der Waals surface area contributed by atoms with Crippen molar-refractivity contribution in [2.45, 2.75) is 20.3 Å². The Morgan fingerprint density at radius 3 is 2.20 bits per heavy atom. The highest BCUT2D eigenvalue weighted by Gasteiger charge is 2.16. The predicted molar refractivity (Wildman–Crippen MR) is 103 cm³/mol. The highest BCUT2D eigenvalue weighted by Crippen LogP contribution is 2.23. The van der Waals surface area contributed by atoms with E-state index in [9.17, 15) is 5.11 Å².